The highest BCUT2D eigenvalue weighted by molar-refractivity contribution is 6.13. The Morgan fingerprint density at radius 1 is 1.05 bits per heavy atom. The Morgan fingerprint density at radius 2 is 1.81 bits per heavy atom. The second kappa shape index (κ2) is 12.4. The lowest BCUT2D eigenvalue weighted by Gasteiger charge is -2.21. The monoisotopic (exact) mass is 609 g/mol. The number of imidazole rings is 1. The average Bonchev–Trinajstić information content (AvgIpc) is 3.72. The largest absolute Gasteiger partial charge is 0.496 e. The summed E-state index contributed by atoms with van der Waals surface area (Å²) in [5.74, 6) is 1.03. The van der Waals surface area contributed by atoms with E-state index in [4.69, 9.17) is 14.5 Å². The van der Waals surface area contributed by atoms with E-state index < -0.39 is 0 Å². The van der Waals surface area contributed by atoms with Gasteiger partial charge < -0.3 is 24.7 Å². The van der Waals surface area contributed by atoms with Crippen molar-refractivity contribution in [1.29, 1.82) is 0 Å². The predicted octanol–water partition coefficient (Wildman–Crippen LogP) is 6.34. The van der Waals surface area contributed by atoms with Gasteiger partial charge in [0.05, 0.1) is 40.7 Å². The van der Waals surface area contributed by atoms with Crippen molar-refractivity contribution in [2.24, 2.45) is 4.99 Å². The SMILES string of the molecule is COc1cc(C(=O)N(C)c2ccccc2C2=NC3(CCCC3)CO2)ccc1C(=O)Nc1cccc2[nH]c(C)nc12.Cl.Cl. The number of para-hydroxylation sites is 2. The average molecular weight is 611 g/mol. The number of carbonyl (C=O) groups is 2. The molecular formula is C31H33Cl2N5O4. The number of aromatic nitrogens is 2. The number of aliphatic imine (C=N–C) groups is 1. The molecule has 0 bridgehead atoms. The number of nitrogens with one attached hydrogen (secondary N) is 2. The molecule has 11 heteroatoms. The minimum absolute atomic E-state index is 0. The lowest BCUT2D eigenvalue weighted by Crippen LogP contribution is -2.28. The molecule has 3 aromatic carbocycles. The second-order valence-corrected chi connectivity index (χ2v) is 10.4. The molecule has 1 saturated carbocycles. The highest BCUT2D eigenvalue weighted by Gasteiger charge is 2.40. The van der Waals surface area contributed by atoms with Crippen LogP contribution in [0, 0.1) is 6.92 Å². The molecule has 0 radical (unpaired) electrons. The van der Waals surface area contributed by atoms with Crippen LogP contribution in [0.1, 0.15) is 57.8 Å². The molecule has 1 spiro atoms. The summed E-state index contributed by atoms with van der Waals surface area (Å²) >= 11 is 0. The third-order valence-electron chi connectivity index (χ3n) is 7.72. The Hall–Kier alpha value is -4.08. The predicted molar refractivity (Wildman–Crippen MR) is 169 cm³/mol. The van der Waals surface area contributed by atoms with Crippen LogP contribution in [0.5, 0.6) is 5.75 Å². The molecule has 42 heavy (non-hydrogen) atoms. The van der Waals surface area contributed by atoms with Crippen LogP contribution in [-0.4, -0.2) is 54.0 Å². The summed E-state index contributed by atoms with van der Waals surface area (Å²) in [6, 6.07) is 18.0. The number of nitrogens with zero attached hydrogens (tertiary/aromatic N) is 3. The van der Waals surface area contributed by atoms with Gasteiger partial charge in [0.25, 0.3) is 11.8 Å². The number of aromatic amines is 1. The van der Waals surface area contributed by atoms with E-state index in [9.17, 15) is 9.59 Å². The van der Waals surface area contributed by atoms with E-state index in [2.05, 4.69) is 15.3 Å². The molecule has 9 nitrogen and oxygen atoms in total. The Bertz CT molecular complexity index is 1660. The molecule has 2 heterocycles. The Morgan fingerprint density at radius 3 is 2.57 bits per heavy atom. The molecule has 2 N–H and O–H groups in total. The fraction of sp³-hybridized carbons (Fsp3) is 0.290. The van der Waals surface area contributed by atoms with Gasteiger partial charge in [-0.3, -0.25) is 9.59 Å². The zero-order valence-electron chi connectivity index (χ0n) is 23.6. The van der Waals surface area contributed by atoms with Crippen LogP contribution < -0.4 is 15.0 Å². The molecule has 0 unspecified atom stereocenters. The summed E-state index contributed by atoms with van der Waals surface area (Å²) in [4.78, 5) is 41.0. The molecule has 1 aliphatic heterocycles. The number of aryl methyl sites for hydroxylation is 1. The topological polar surface area (TPSA) is 109 Å². The molecule has 2 aliphatic rings. The van der Waals surface area contributed by atoms with E-state index in [1.807, 2.05) is 43.3 Å². The fourth-order valence-electron chi connectivity index (χ4n) is 5.62. The lowest BCUT2D eigenvalue weighted by molar-refractivity contribution is 0.0988. The van der Waals surface area contributed by atoms with Crippen molar-refractivity contribution >= 4 is 64.9 Å². The van der Waals surface area contributed by atoms with Gasteiger partial charge in [-0.05, 0) is 62.2 Å². The van der Waals surface area contributed by atoms with E-state index in [1.165, 1.54) is 7.11 Å². The van der Waals surface area contributed by atoms with E-state index in [0.29, 0.717) is 46.3 Å². The van der Waals surface area contributed by atoms with E-state index >= 15 is 0 Å². The number of fused-ring (bicyclic) bond motifs is 1. The summed E-state index contributed by atoms with van der Waals surface area (Å²) in [5.41, 5.74) is 4.14. The Labute approximate surface area is 256 Å². The number of carbonyl (C=O) groups excluding carboxylic acids is 2. The molecule has 6 rings (SSSR count). The third kappa shape index (κ3) is 5.67. The van der Waals surface area contributed by atoms with Crippen LogP contribution >= 0.6 is 24.8 Å². The number of anilines is 2. The number of benzene rings is 3. The van der Waals surface area contributed by atoms with Crippen molar-refractivity contribution in [3.05, 3.63) is 83.2 Å². The van der Waals surface area contributed by atoms with Gasteiger partial charge in [-0.15, -0.1) is 24.8 Å². The van der Waals surface area contributed by atoms with Gasteiger partial charge in [0.1, 0.15) is 23.7 Å². The number of hydrogen-bond acceptors (Lipinski definition) is 6. The van der Waals surface area contributed by atoms with Gasteiger partial charge in [-0.2, -0.15) is 0 Å². The molecule has 1 aromatic heterocycles. The highest BCUT2D eigenvalue weighted by atomic mass is 35.5. The van der Waals surface area contributed by atoms with Gasteiger partial charge >= 0.3 is 0 Å². The van der Waals surface area contributed by atoms with E-state index in [1.54, 1.807) is 36.2 Å². The van der Waals surface area contributed by atoms with Gasteiger partial charge in [0.15, 0.2) is 0 Å². The third-order valence-corrected chi connectivity index (χ3v) is 7.72. The highest BCUT2D eigenvalue weighted by Crippen LogP contribution is 2.38. The lowest BCUT2D eigenvalue weighted by atomic mass is 10.0. The van der Waals surface area contributed by atoms with Crippen LogP contribution in [0.3, 0.4) is 0 Å². The minimum atomic E-state index is -0.361. The summed E-state index contributed by atoms with van der Waals surface area (Å²) in [6.07, 6.45) is 4.38. The zero-order chi connectivity index (χ0) is 27.9. The first-order chi connectivity index (χ1) is 19.4. The maximum atomic E-state index is 13.6. The molecule has 0 saturated heterocycles. The second-order valence-electron chi connectivity index (χ2n) is 10.4. The van der Waals surface area contributed by atoms with Crippen molar-refractivity contribution in [3.63, 3.8) is 0 Å². The van der Waals surface area contributed by atoms with E-state index in [-0.39, 0.29) is 42.2 Å². The molecule has 220 valence electrons. The molecule has 0 atom stereocenters. The molecule has 1 aliphatic carbocycles. The zero-order valence-corrected chi connectivity index (χ0v) is 25.2. The van der Waals surface area contributed by atoms with Crippen molar-refractivity contribution in [2.45, 2.75) is 38.1 Å². The Kier molecular flexibility index (Phi) is 9.13. The Balaban J connectivity index is 0.00000202. The molecule has 2 amide bonds. The quantitative estimate of drug-likeness (QED) is 0.265. The van der Waals surface area contributed by atoms with Crippen LogP contribution in [0.2, 0.25) is 0 Å². The van der Waals surface area contributed by atoms with Crippen molar-refractivity contribution in [2.75, 3.05) is 31.0 Å². The van der Waals surface area contributed by atoms with Crippen molar-refractivity contribution < 1.29 is 19.1 Å². The van der Waals surface area contributed by atoms with E-state index in [0.717, 1.165) is 42.6 Å². The summed E-state index contributed by atoms with van der Waals surface area (Å²) < 4.78 is 11.6. The first-order valence-corrected chi connectivity index (χ1v) is 13.4. The van der Waals surface area contributed by atoms with Crippen molar-refractivity contribution in [1.82, 2.24) is 9.97 Å². The molecule has 4 aromatic rings. The standard InChI is InChI=1S/C31H31N5O4.2ClH/c1-19-32-23-10-8-11-24(27(23)33-19)34-28(37)22-14-13-20(17-26(22)39-3)30(38)36(2)25-12-5-4-9-21(25)29-35-31(18-40-29)15-6-7-16-31;;/h4-5,8-14,17H,6-7,15-16,18H2,1-3H3,(H,32,33)(H,34,37);2*1H. The number of amides is 2. The van der Waals surface area contributed by atoms with Crippen LogP contribution in [0.25, 0.3) is 11.0 Å². The first kappa shape index (κ1) is 30.9. The maximum Gasteiger partial charge on any atom is 0.259 e. The van der Waals surface area contributed by atoms with Gasteiger partial charge in [0.2, 0.25) is 5.90 Å². The van der Waals surface area contributed by atoms with Crippen LogP contribution in [0.15, 0.2) is 65.7 Å². The van der Waals surface area contributed by atoms with Gasteiger partial charge in [-0.25, -0.2) is 9.98 Å². The number of H-pyrrole nitrogens is 1. The molecular weight excluding hydrogens is 577 g/mol. The van der Waals surface area contributed by atoms with Crippen LogP contribution in [-0.2, 0) is 4.74 Å². The van der Waals surface area contributed by atoms with Crippen molar-refractivity contribution in [3.8, 4) is 5.75 Å². The number of hydrogen-bond donors (Lipinski definition) is 2. The summed E-state index contributed by atoms with van der Waals surface area (Å²) in [5, 5.41) is 2.92. The maximum absolute atomic E-state index is 13.6. The smallest absolute Gasteiger partial charge is 0.259 e. The van der Waals surface area contributed by atoms with Crippen LogP contribution in [0.4, 0.5) is 11.4 Å². The number of halogens is 2. The number of rotatable bonds is 6. The normalized spacial score (nSPS) is 14.9. The summed E-state index contributed by atoms with van der Waals surface area (Å²) in [7, 11) is 3.20. The summed E-state index contributed by atoms with van der Waals surface area (Å²) in [6.45, 7) is 2.45. The van der Waals surface area contributed by atoms with Gasteiger partial charge in [-0.1, -0.05) is 31.0 Å². The number of ether oxygens (including phenoxy) is 2. The van der Waals surface area contributed by atoms with Gasteiger partial charge in [0, 0.05) is 12.6 Å². The molecule has 1 fully saturated rings. The minimum Gasteiger partial charge on any atom is -0.496 e. The first-order valence-electron chi connectivity index (χ1n) is 13.4. The fourth-order valence-corrected chi connectivity index (χ4v) is 5.62. The number of methoxy groups -OCH3 is 1.